The Morgan fingerprint density at radius 1 is 1.40 bits per heavy atom. The van der Waals surface area contributed by atoms with Gasteiger partial charge in [0.15, 0.2) is 0 Å². The molecule has 1 heterocycles. The molecule has 20 heavy (non-hydrogen) atoms. The molecule has 0 radical (unpaired) electrons. The minimum Gasteiger partial charge on any atom is -0.393 e. The Morgan fingerprint density at radius 2 is 2.05 bits per heavy atom. The largest absolute Gasteiger partial charge is 0.393 e. The van der Waals surface area contributed by atoms with Gasteiger partial charge in [-0.3, -0.25) is 15.0 Å². The summed E-state index contributed by atoms with van der Waals surface area (Å²) in [5.74, 6) is 0.148. The second-order valence-corrected chi connectivity index (χ2v) is 5.81. The number of likely N-dealkylation sites (tertiary alicyclic amines) is 1. The van der Waals surface area contributed by atoms with E-state index in [0.29, 0.717) is 6.54 Å². The van der Waals surface area contributed by atoms with Crippen molar-refractivity contribution in [2.45, 2.75) is 45.3 Å². The first-order valence-corrected chi connectivity index (χ1v) is 7.15. The van der Waals surface area contributed by atoms with Crippen LogP contribution in [-0.4, -0.2) is 34.1 Å². The Hall–Kier alpha value is -1.46. The summed E-state index contributed by atoms with van der Waals surface area (Å²) in [6.07, 6.45) is 1.38. The molecule has 0 aliphatic carbocycles. The number of nitro benzene ring substituents is 1. The van der Waals surface area contributed by atoms with Crippen molar-refractivity contribution in [1.29, 1.82) is 0 Å². The first-order chi connectivity index (χ1) is 9.47. The van der Waals surface area contributed by atoms with Crippen LogP contribution in [0.25, 0.3) is 0 Å². The fourth-order valence-corrected chi connectivity index (χ4v) is 2.67. The van der Waals surface area contributed by atoms with E-state index in [1.54, 1.807) is 6.07 Å². The molecule has 0 bridgehead atoms. The summed E-state index contributed by atoms with van der Waals surface area (Å²) in [7, 11) is 0. The number of nitrogens with zero attached hydrogens (tertiary/aromatic N) is 2. The predicted molar refractivity (Wildman–Crippen MR) is 77.7 cm³/mol. The van der Waals surface area contributed by atoms with Crippen molar-refractivity contribution in [3.8, 4) is 0 Å². The number of hydrogen-bond acceptors (Lipinski definition) is 4. The van der Waals surface area contributed by atoms with Crippen molar-refractivity contribution in [1.82, 2.24) is 4.90 Å². The van der Waals surface area contributed by atoms with E-state index >= 15 is 0 Å². The van der Waals surface area contributed by atoms with Crippen molar-refractivity contribution in [3.05, 3.63) is 39.4 Å². The summed E-state index contributed by atoms with van der Waals surface area (Å²) in [4.78, 5) is 13.1. The van der Waals surface area contributed by atoms with E-state index in [9.17, 15) is 15.2 Å². The van der Waals surface area contributed by atoms with Gasteiger partial charge in [-0.15, -0.1) is 0 Å². The normalized spacial score (nSPS) is 17.6. The Bertz CT molecular complexity index is 480. The lowest BCUT2D eigenvalue weighted by Gasteiger charge is -2.29. The van der Waals surface area contributed by atoms with Crippen molar-refractivity contribution in [2.24, 2.45) is 0 Å². The summed E-state index contributed by atoms with van der Waals surface area (Å²) < 4.78 is 0. The molecule has 5 heteroatoms. The summed E-state index contributed by atoms with van der Waals surface area (Å²) in [6, 6.07) is 5.55. The smallest absolute Gasteiger partial charge is 0.273 e. The van der Waals surface area contributed by atoms with Gasteiger partial charge >= 0.3 is 0 Å². The van der Waals surface area contributed by atoms with E-state index < -0.39 is 0 Å². The van der Waals surface area contributed by atoms with Crippen LogP contribution in [0.4, 0.5) is 5.69 Å². The number of piperidine rings is 1. The summed E-state index contributed by atoms with van der Waals surface area (Å²) in [5, 5.41) is 20.7. The van der Waals surface area contributed by atoms with Crippen LogP contribution in [-0.2, 0) is 6.54 Å². The topological polar surface area (TPSA) is 66.6 Å². The highest BCUT2D eigenvalue weighted by Gasteiger charge is 2.20. The third-order valence-corrected chi connectivity index (χ3v) is 3.88. The number of hydrogen-bond donors (Lipinski definition) is 1. The quantitative estimate of drug-likeness (QED) is 0.679. The average Bonchev–Trinajstić information content (AvgIpc) is 2.41. The zero-order chi connectivity index (χ0) is 14.7. The van der Waals surface area contributed by atoms with E-state index in [1.165, 1.54) is 0 Å². The third-order valence-electron chi connectivity index (χ3n) is 3.88. The van der Waals surface area contributed by atoms with E-state index in [2.05, 4.69) is 4.90 Å². The summed E-state index contributed by atoms with van der Waals surface area (Å²) in [5.41, 5.74) is 1.97. The molecular weight excluding hydrogens is 256 g/mol. The fraction of sp³-hybridized carbons (Fsp3) is 0.600. The summed E-state index contributed by atoms with van der Waals surface area (Å²) in [6.45, 7) is 6.34. The van der Waals surface area contributed by atoms with Gasteiger partial charge in [-0.25, -0.2) is 0 Å². The van der Waals surface area contributed by atoms with Crippen molar-refractivity contribution in [2.75, 3.05) is 13.1 Å². The Balaban J connectivity index is 2.13. The molecule has 0 spiro atoms. The molecule has 1 fully saturated rings. The maximum Gasteiger partial charge on any atom is 0.273 e. The highest BCUT2D eigenvalue weighted by molar-refractivity contribution is 5.45. The molecule has 1 aliphatic rings. The fourth-order valence-electron chi connectivity index (χ4n) is 2.67. The lowest BCUT2D eigenvalue weighted by atomic mass is 9.99. The number of benzene rings is 1. The molecule has 0 unspecified atom stereocenters. The van der Waals surface area contributed by atoms with Crippen molar-refractivity contribution in [3.63, 3.8) is 0 Å². The second-order valence-electron chi connectivity index (χ2n) is 5.81. The number of nitro groups is 1. The van der Waals surface area contributed by atoms with Crippen LogP contribution in [0.2, 0.25) is 0 Å². The summed E-state index contributed by atoms with van der Waals surface area (Å²) >= 11 is 0. The molecule has 0 saturated carbocycles. The third kappa shape index (κ3) is 3.55. The van der Waals surface area contributed by atoms with Crippen LogP contribution in [0.1, 0.15) is 43.7 Å². The highest BCUT2D eigenvalue weighted by atomic mass is 16.6. The molecule has 1 aromatic rings. The molecular formula is C15H22N2O3. The van der Waals surface area contributed by atoms with Gasteiger partial charge in [0.2, 0.25) is 0 Å². The Labute approximate surface area is 119 Å². The molecule has 1 saturated heterocycles. The maximum atomic E-state index is 11.2. The Kier molecular flexibility index (Phi) is 4.73. The van der Waals surface area contributed by atoms with Crippen LogP contribution < -0.4 is 0 Å². The first kappa shape index (κ1) is 14.9. The lowest BCUT2D eigenvalue weighted by molar-refractivity contribution is -0.385. The van der Waals surface area contributed by atoms with Gasteiger partial charge in [0.25, 0.3) is 5.69 Å². The first-order valence-electron chi connectivity index (χ1n) is 7.15. The van der Waals surface area contributed by atoms with Gasteiger partial charge in [-0.2, -0.15) is 0 Å². The zero-order valence-electron chi connectivity index (χ0n) is 12.1. The number of rotatable bonds is 4. The van der Waals surface area contributed by atoms with E-state index in [0.717, 1.165) is 37.1 Å². The number of aliphatic hydroxyl groups excluding tert-OH is 1. The van der Waals surface area contributed by atoms with Gasteiger partial charge in [0.05, 0.1) is 11.0 Å². The number of aliphatic hydroxyl groups is 1. The molecule has 1 N–H and O–H groups in total. The molecule has 0 aromatic heterocycles. The van der Waals surface area contributed by atoms with Crippen LogP contribution in [0.15, 0.2) is 18.2 Å². The maximum absolute atomic E-state index is 11.2. The molecule has 2 rings (SSSR count). The van der Waals surface area contributed by atoms with Crippen LogP contribution >= 0.6 is 0 Å². The van der Waals surface area contributed by atoms with Gasteiger partial charge in [-0.05, 0) is 24.3 Å². The molecule has 1 aromatic carbocycles. The van der Waals surface area contributed by atoms with Crippen LogP contribution in [0, 0.1) is 10.1 Å². The molecule has 5 nitrogen and oxygen atoms in total. The highest BCUT2D eigenvalue weighted by Crippen LogP contribution is 2.28. The van der Waals surface area contributed by atoms with E-state index in [4.69, 9.17) is 0 Å². The molecule has 110 valence electrons. The van der Waals surface area contributed by atoms with E-state index in [1.807, 2.05) is 26.0 Å². The second kappa shape index (κ2) is 6.33. The Morgan fingerprint density at radius 3 is 2.60 bits per heavy atom. The van der Waals surface area contributed by atoms with Crippen LogP contribution in [0.5, 0.6) is 0 Å². The minimum atomic E-state index is -0.293. The zero-order valence-corrected chi connectivity index (χ0v) is 12.1. The van der Waals surface area contributed by atoms with Gasteiger partial charge in [-0.1, -0.05) is 26.0 Å². The van der Waals surface area contributed by atoms with Crippen molar-refractivity contribution < 1.29 is 10.0 Å². The molecule has 0 amide bonds. The standard InChI is InChI=1S/C15H22N2O3/c1-11(2)14-4-3-12(9-15(14)17(19)20)10-16-7-5-13(18)6-8-16/h3-4,9,11,13,18H,5-8,10H2,1-2H3. The van der Waals surface area contributed by atoms with E-state index in [-0.39, 0.29) is 22.6 Å². The van der Waals surface area contributed by atoms with Crippen LogP contribution in [0.3, 0.4) is 0 Å². The monoisotopic (exact) mass is 278 g/mol. The predicted octanol–water partition coefficient (Wildman–Crippen LogP) is 2.67. The van der Waals surface area contributed by atoms with Gasteiger partial charge in [0, 0.05) is 31.3 Å². The minimum absolute atomic E-state index is 0.148. The SMILES string of the molecule is CC(C)c1ccc(CN2CCC(O)CC2)cc1[N+](=O)[O-]. The lowest BCUT2D eigenvalue weighted by Crippen LogP contribution is -2.35. The molecule has 1 aliphatic heterocycles. The van der Waals surface area contributed by atoms with Gasteiger partial charge in [0.1, 0.15) is 0 Å². The molecule has 0 atom stereocenters. The van der Waals surface area contributed by atoms with Gasteiger partial charge < -0.3 is 5.11 Å². The average molecular weight is 278 g/mol. The van der Waals surface area contributed by atoms with Crippen molar-refractivity contribution >= 4 is 5.69 Å².